The fourth-order valence-electron chi connectivity index (χ4n) is 3.58. The molecule has 0 N–H and O–H groups in total. The molecule has 0 heterocycles. The summed E-state index contributed by atoms with van der Waals surface area (Å²) < 4.78 is 0. The van der Waals surface area contributed by atoms with Crippen LogP contribution in [0.2, 0.25) is 0 Å². The highest BCUT2D eigenvalue weighted by Gasteiger charge is 2.44. The lowest BCUT2D eigenvalue weighted by molar-refractivity contribution is -0.384. The Morgan fingerprint density at radius 2 is 1.26 bits per heavy atom. The van der Waals surface area contributed by atoms with Gasteiger partial charge in [-0.15, -0.1) is 0 Å². The van der Waals surface area contributed by atoms with Gasteiger partial charge in [0.05, 0.1) is 4.92 Å². The van der Waals surface area contributed by atoms with Crippen LogP contribution in [-0.4, -0.2) is 4.92 Å². The quantitative estimate of drug-likeness (QED) is 0.512. The average Bonchev–Trinajstić information content (AvgIpc) is 2.61. The van der Waals surface area contributed by atoms with Crippen LogP contribution in [0.5, 0.6) is 0 Å². The van der Waals surface area contributed by atoms with Crippen LogP contribution in [-0.2, 0) is 10.8 Å². The van der Waals surface area contributed by atoms with Crippen LogP contribution >= 0.6 is 0 Å². The Labute approximate surface area is 138 Å². The van der Waals surface area contributed by atoms with Crippen molar-refractivity contribution in [3.8, 4) is 0 Å². The summed E-state index contributed by atoms with van der Waals surface area (Å²) in [6.45, 7) is 8.97. The average molecular weight is 311 g/mol. The summed E-state index contributed by atoms with van der Waals surface area (Å²) in [6, 6.07) is 17.6. The molecule has 2 atom stereocenters. The highest BCUT2D eigenvalue weighted by Crippen LogP contribution is 2.48. The molecule has 0 aromatic heterocycles. The lowest BCUT2D eigenvalue weighted by Crippen LogP contribution is -2.44. The van der Waals surface area contributed by atoms with Crippen molar-refractivity contribution in [1.82, 2.24) is 0 Å². The summed E-state index contributed by atoms with van der Waals surface area (Å²) in [5.74, 6) is 0. The molecule has 0 fully saturated rings. The van der Waals surface area contributed by atoms with Gasteiger partial charge in [-0.1, -0.05) is 70.2 Å². The monoisotopic (exact) mass is 311 g/mol. The van der Waals surface area contributed by atoms with Gasteiger partial charge in [0.2, 0.25) is 0 Å². The lowest BCUT2D eigenvalue weighted by atomic mass is 9.56. The molecule has 0 aliphatic carbocycles. The first kappa shape index (κ1) is 17.2. The van der Waals surface area contributed by atoms with E-state index >= 15 is 0 Å². The van der Waals surface area contributed by atoms with Crippen LogP contribution in [0.3, 0.4) is 0 Å². The number of nitro groups is 1. The van der Waals surface area contributed by atoms with Crippen molar-refractivity contribution >= 4 is 5.69 Å². The van der Waals surface area contributed by atoms with Crippen molar-refractivity contribution in [2.45, 2.75) is 51.4 Å². The van der Waals surface area contributed by atoms with Gasteiger partial charge < -0.3 is 0 Å². The maximum atomic E-state index is 10.9. The zero-order valence-electron chi connectivity index (χ0n) is 14.4. The molecule has 122 valence electrons. The van der Waals surface area contributed by atoms with Gasteiger partial charge in [-0.25, -0.2) is 0 Å². The summed E-state index contributed by atoms with van der Waals surface area (Å²) in [5.41, 5.74) is 2.46. The molecule has 0 saturated heterocycles. The Balaban J connectivity index is 2.55. The minimum Gasteiger partial charge on any atom is -0.258 e. The Morgan fingerprint density at radius 1 is 0.826 bits per heavy atom. The number of rotatable bonds is 6. The Morgan fingerprint density at radius 3 is 1.65 bits per heavy atom. The predicted octanol–water partition coefficient (Wildman–Crippen LogP) is 5.63. The van der Waals surface area contributed by atoms with E-state index in [1.165, 1.54) is 5.56 Å². The molecule has 0 spiro atoms. The maximum absolute atomic E-state index is 10.9. The predicted molar refractivity (Wildman–Crippen MR) is 94.8 cm³/mol. The van der Waals surface area contributed by atoms with Gasteiger partial charge in [-0.05, 0) is 24.0 Å². The van der Waals surface area contributed by atoms with Crippen molar-refractivity contribution < 1.29 is 4.92 Å². The van der Waals surface area contributed by atoms with E-state index in [1.807, 2.05) is 18.2 Å². The Kier molecular flexibility index (Phi) is 4.88. The van der Waals surface area contributed by atoms with Crippen molar-refractivity contribution in [1.29, 1.82) is 0 Å². The van der Waals surface area contributed by atoms with Gasteiger partial charge in [0.15, 0.2) is 0 Å². The summed E-state index contributed by atoms with van der Waals surface area (Å²) in [4.78, 5) is 10.6. The fourth-order valence-corrected chi connectivity index (χ4v) is 3.58. The minimum absolute atomic E-state index is 0.0425. The van der Waals surface area contributed by atoms with Gasteiger partial charge in [0, 0.05) is 23.0 Å². The summed E-state index contributed by atoms with van der Waals surface area (Å²) in [6.07, 6.45) is 1.96. The topological polar surface area (TPSA) is 43.1 Å². The number of hydrogen-bond donors (Lipinski definition) is 0. The number of hydrogen-bond acceptors (Lipinski definition) is 2. The minimum atomic E-state index is -0.344. The first-order valence-electron chi connectivity index (χ1n) is 8.19. The van der Waals surface area contributed by atoms with Gasteiger partial charge in [0.1, 0.15) is 0 Å². The highest BCUT2D eigenvalue weighted by molar-refractivity contribution is 5.41. The van der Waals surface area contributed by atoms with E-state index in [0.717, 1.165) is 18.4 Å². The summed E-state index contributed by atoms with van der Waals surface area (Å²) >= 11 is 0. The molecule has 3 nitrogen and oxygen atoms in total. The van der Waals surface area contributed by atoms with Crippen molar-refractivity contribution in [2.75, 3.05) is 0 Å². The van der Waals surface area contributed by atoms with Crippen molar-refractivity contribution in [2.24, 2.45) is 0 Å². The largest absolute Gasteiger partial charge is 0.269 e. The van der Waals surface area contributed by atoms with Crippen LogP contribution in [0, 0.1) is 10.1 Å². The zero-order valence-corrected chi connectivity index (χ0v) is 14.4. The third kappa shape index (κ3) is 2.88. The van der Waals surface area contributed by atoms with Crippen LogP contribution in [0.4, 0.5) is 5.69 Å². The van der Waals surface area contributed by atoms with E-state index in [-0.39, 0.29) is 21.4 Å². The Hall–Kier alpha value is -2.16. The molecule has 2 rings (SSSR count). The van der Waals surface area contributed by atoms with E-state index in [9.17, 15) is 10.1 Å². The van der Waals surface area contributed by atoms with Crippen LogP contribution < -0.4 is 0 Å². The molecular formula is C20H25NO2. The second-order valence-electron chi connectivity index (χ2n) is 6.54. The number of nitro benzene ring substituents is 1. The molecule has 2 aromatic rings. The first-order valence-corrected chi connectivity index (χ1v) is 8.19. The molecule has 0 aliphatic heterocycles. The van der Waals surface area contributed by atoms with Gasteiger partial charge in [0.25, 0.3) is 5.69 Å². The SMILES string of the molecule is CC[C@@](C)(c1ccc([N+](=O)[O-])cc1)[C@](C)(CC)c1ccccc1. The second kappa shape index (κ2) is 6.53. The van der Waals surface area contributed by atoms with Gasteiger partial charge >= 0.3 is 0 Å². The van der Waals surface area contributed by atoms with Crippen LogP contribution in [0.15, 0.2) is 54.6 Å². The van der Waals surface area contributed by atoms with E-state index in [0.29, 0.717) is 0 Å². The van der Waals surface area contributed by atoms with E-state index < -0.39 is 0 Å². The maximum Gasteiger partial charge on any atom is 0.269 e. The van der Waals surface area contributed by atoms with Gasteiger partial charge in [-0.2, -0.15) is 0 Å². The number of nitrogens with zero attached hydrogens (tertiary/aromatic N) is 1. The molecule has 0 bridgehead atoms. The molecule has 0 radical (unpaired) electrons. The zero-order chi connectivity index (χ0) is 17.1. The number of non-ortho nitro benzene ring substituents is 1. The van der Waals surface area contributed by atoms with E-state index in [4.69, 9.17) is 0 Å². The smallest absolute Gasteiger partial charge is 0.258 e. The lowest BCUT2D eigenvalue weighted by Gasteiger charge is -2.47. The normalized spacial score (nSPS) is 16.3. The highest BCUT2D eigenvalue weighted by atomic mass is 16.6. The van der Waals surface area contributed by atoms with Gasteiger partial charge in [-0.3, -0.25) is 10.1 Å². The third-order valence-electron chi connectivity index (χ3n) is 5.76. The molecule has 2 aromatic carbocycles. The third-order valence-corrected chi connectivity index (χ3v) is 5.76. The van der Waals surface area contributed by atoms with Crippen molar-refractivity contribution in [3.63, 3.8) is 0 Å². The molecule has 23 heavy (non-hydrogen) atoms. The van der Waals surface area contributed by atoms with Crippen LogP contribution in [0.1, 0.15) is 51.7 Å². The Bertz CT molecular complexity index is 666. The molecule has 3 heteroatoms. The summed E-state index contributed by atoms with van der Waals surface area (Å²) in [7, 11) is 0. The second-order valence-corrected chi connectivity index (χ2v) is 6.54. The van der Waals surface area contributed by atoms with Crippen molar-refractivity contribution in [3.05, 3.63) is 75.8 Å². The van der Waals surface area contributed by atoms with E-state index in [2.05, 4.69) is 52.0 Å². The summed E-state index contributed by atoms with van der Waals surface area (Å²) in [5, 5.41) is 10.9. The molecule has 0 amide bonds. The van der Waals surface area contributed by atoms with Crippen LogP contribution in [0.25, 0.3) is 0 Å². The molecule has 0 aliphatic rings. The molecule has 0 unspecified atom stereocenters. The molecule has 0 saturated carbocycles. The standard InChI is InChI=1S/C20H25NO2/c1-5-19(3,16-10-8-7-9-11-16)20(4,6-2)17-12-14-18(15-13-17)21(22)23/h7-15H,5-6H2,1-4H3/t19-,20+/m1/s1. The first-order chi connectivity index (χ1) is 10.9. The number of benzene rings is 2. The molecular weight excluding hydrogens is 286 g/mol. The van der Waals surface area contributed by atoms with E-state index in [1.54, 1.807) is 12.1 Å². The fraction of sp³-hybridized carbons (Fsp3) is 0.400.